The van der Waals surface area contributed by atoms with Gasteiger partial charge in [0.2, 0.25) is 0 Å². The molecule has 5 nitrogen and oxygen atoms in total. The Hall–Kier alpha value is -2.02. The van der Waals surface area contributed by atoms with Gasteiger partial charge in [-0.05, 0) is 30.7 Å². The van der Waals surface area contributed by atoms with Crippen LogP contribution >= 0.6 is 0 Å². The van der Waals surface area contributed by atoms with Crippen LogP contribution in [0.4, 0.5) is 5.69 Å². The number of ketones is 1. The van der Waals surface area contributed by atoms with Crippen molar-refractivity contribution in [3.05, 3.63) is 59.2 Å². The Bertz CT molecular complexity index is 848. The lowest BCUT2D eigenvalue weighted by molar-refractivity contribution is 0.0497. The molecule has 27 heavy (non-hydrogen) atoms. The summed E-state index contributed by atoms with van der Waals surface area (Å²) in [5.41, 5.74) is 3.61. The molecule has 1 unspecified atom stereocenters. The number of fused-ring (bicyclic) bond motifs is 1. The molecule has 0 saturated heterocycles. The Morgan fingerprint density at radius 2 is 1.96 bits per heavy atom. The SMILES string of the molecule is CCO[C@H]1C[C@@H](c2ccc(C(=O)C(C)C)cc2)Nc2ccc(S(=O)O)cc21. The van der Waals surface area contributed by atoms with Crippen molar-refractivity contribution in [3.63, 3.8) is 0 Å². The molecule has 3 atom stereocenters. The van der Waals surface area contributed by atoms with E-state index in [9.17, 15) is 13.6 Å². The zero-order valence-corrected chi connectivity index (χ0v) is 16.6. The summed E-state index contributed by atoms with van der Waals surface area (Å²) in [6, 6.07) is 13.0. The molecule has 1 aliphatic rings. The van der Waals surface area contributed by atoms with Gasteiger partial charge in [0.25, 0.3) is 0 Å². The second kappa shape index (κ2) is 8.33. The first-order valence-corrected chi connectivity index (χ1v) is 10.3. The molecule has 0 aromatic heterocycles. The predicted octanol–water partition coefficient (Wildman–Crippen LogP) is 4.74. The minimum atomic E-state index is -2.02. The maximum Gasteiger partial charge on any atom is 0.186 e. The van der Waals surface area contributed by atoms with Crippen LogP contribution in [0.15, 0.2) is 47.4 Å². The van der Waals surface area contributed by atoms with Crippen molar-refractivity contribution in [2.45, 2.75) is 44.2 Å². The van der Waals surface area contributed by atoms with Gasteiger partial charge in [0.05, 0.1) is 17.0 Å². The summed E-state index contributed by atoms with van der Waals surface area (Å²) < 4.78 is 26.7. The Morgan fingerprint density at radius 3 is 2.56 bits per heavy atom. The molecule has 0 spiro atoms. The van der Waals surface area contributed by atoms with Crippen LogP contribution in [0.2, 0.25) is 0 Å². The first kappa shape index (κ1) is 19.7. The number of rotatable bonds is 6. The number of ether oxygens (including phenoxy) is 1. The lowest BCUT2D eigenvalue weighted by Gasteiger charge is -2.33. The molecule has 0 amide bonds. The third-order valence-electron chi connectivity index (χ3n) is 4.84. The molecule has 0 aliphatic carbocycles. The van der Waals surface area contributed by atoms with Gasteiger partial charge >= 0.3 is 0 Å². The number of benzene rings is 2. The summed E-state index contributed by atoms with van der Waals surface area (Å²) in [5.74, 6) is 0.115. The van der Waals surface area contributed by atoms with Gasteiger partial charge in [0.15, 0.2) is 16.9 Å². The number of Topliss-reactive ketones (excluding diaryl/α,β-unsaturated/α-hetero) is 1. The fourth-order valence-electron chi connectivity index (χ4n) is 3.43. The van der Waals surface area contributed by atoms with E-state index in [4.69, 9.17) is 4.74 Å². The lowest BCUT2D eigenvalue weighted by atomic mass is 9.90. The van der Waals surface area contributed by atoms with Crippen molar-refractivity contribution in [1.29, 1.82) is 0 Å². The van der Waals surface area contributed by atoms with Gasteiger partial charge in [-0.2, -0.15) is 0 Å². The molecular formula is C21H25NO4S. The van der Waals surface area contributed by atoms with Crippen molar-refractivity contribution in [1.82, 2.24) is 0 Å². The molecule has 2 aromatic rings. The standard InChI is InChI=1S/C21H25NO4S/c1-4-26-20-12-19(14-5-7-15(8-6-14)21(23)13(2)3)22-18-10-9-16(27(24)25)11-17(18)20/h5-11,13,19-20,22H,4,12H2,1-3H3,(H,24,25)/t19-,20-/m0/s1. The van der Waals surface area contributed by atoms with Gasteiger partial charge in [0.1, 0.15) is 0 Å². The summed E-state index contributed by atoms with van der Waals surface area (Å²) in [6.45, 7) is 6.30. The van der Waals surface area contributed by atoms with Crippen molar-refractivity contribution < 1.29 is 18.3 Å². The van der Waals surface area contributed by atoms with Crippen LogP contribution in [0.5, 0.6) is 0 Å². The summed E-state index contributed by atoms with van der Waals surface area (Å²) in [5, 5.41) is 3.49. The van der Waals surface area contributed by atoms with Crippen LogP contribution < -0.4 is 5.32 Å². The monoisotopic (exact) mass is 387 g/mol. The van der Waals surface area contributed by atoms with Crippen molar-refractivity contribution in [2.75, 3.05) is 11.9 Å². The van der Waals surface area contributed by atoms with E-state index in [1.54, 1.807) is 12.1 Å². The highest BCUT2D eigenvalue weighted by Gasteiger charge is 2.28. The summed E-state index contributed by atoms with van der Waals surface area (Å²) >= 11 is -2.02. The second-order valence-corrected chi connectivity index (χ2v) is 7.99. The quantitative estimate of drug-likeness (QED) is 0.553. The van der Waals surface area contributed by atoms with Gasteiger partial charge in [0, 0.05) is 35.8 Å². The Balaban J connectivity index is 1.88. The van der Waals surface area contributed by atoms with Crippen LogP contribution in [-0.2, 0) is 15.8 Å². The third-order valence-corrected chi connectivity index (χ3v) is 5.50. The van der Waals surface area contributed by atoms with Crippen molar-refractivity contribution >= 4 is 22.6 Å². The van der Waals surface area contributed by atoms with Crippen LogP contribution in [0.3, 0.4) is 0 Å². The number of anilines is 1. The van der Waals surface area contributed by atoms with Gasteiger partial charge in [-0.3, -0.25) is 4.79 Å². The highest BCUT2D eigenvalue weighted by Crippen LogP contribution is 2.41. The van der Waals surface area contributed by atoms with E-state index in [2.05, 4.69) is 5.32 Å². The van der Waals surface area contributed by atoms with Gasteiger partial charge in [-0.25, -0.2) is 4.21 Å². The molecule has 6 heteroatoms. The maximum absolute atomic E-state index is 12.1. The maximum atomic E-state index is 12.1. The van der Waals surface area contributed by atoms with Crippen LogP contribution in [0.1, 0.15) is 60.8 Å². The summed E-state index contributed by atoms with van der Waals surface area (Å²) in [7, 11) is 0. The highest BCUT2D eigenvalue weighted by molar-refractivity contribution is 7.79. The molecular weight excluding hydrogens is 362 g/mol. The molecule has 144 valence electrons. The van der Waals surface area contributed by atoms with E-state index in [1.165, 1.54) is 0 Å². The zero-order chi connectivity index (χ0) is 19.6. The molecule has 1 aliphatic heterocycles. The normalized spacial score (nSPS) is 20.0. The van der Waals surface area contributed by atoms with E-state index in [1.807, 2.05) is 51.1 Å². The topological polar surface area (TPSA) is 75.6 Å². The number of carbonyl (C=O) groups is 1. The fraction of sp³-hybridized carbons (Fsp3) is 0.381. The van der Waals surface area contributed by atoms with Crippen molar-refractivity contribution in [2.24, 2.45) is 5.92 Å². The van der Waals surface area contributed by atoms with Crippen LogP contribution in [0.25, 0.3) is 0 Å². The minimum Gasteiger partial charge on any atom is -0.378 e. The molecule has 0 radical (unpaired) electrons. The second-order valence-electron chi connectivity index (χ2n) is 7.02. The third kappa shape index (κ3) is 4.29. The predicted molar refractivity (Wildman–Crippen MR) is 106 cm³/mol. The molecule has 2 aromatic carbocycles. The number of hydrogen-bond acceptors (Lipinski definition) is 4. The van der Waals surface area contributed by atoms with E-state index in [0.717, 1.165) is 22.4 Å². The molecule has 0 saturated carbocycles. The number of hydrogen-bond donors (Lipinski definition) is 2. The van der Waals surface area contributed by atoms with E-state index in [0.29, 0.717) is 17.9 Å². The molecule has 2 N–H and O–H groups in total. The van der Waals surface area contributed by atoms with Crippen molar-refractivity contribution in [3.8, 4) is 0 Å². The first-order valence-electron chi connectivity index (χ1n) is 9.17. The number of carbonyl (C=O) groups excluding carboxylic acids is 1. The average Bonchev–Trinajstić information content (AvgIpc) is 2.67. The average molecular weight is 388 g/mol. The number of nitrogens with one attached hydrogen (secondary N) is 1. The van der Waals surface area contributed by atoms with Crippen LogP contribution in [-0.4, -0.2) is 21.2 Å². The molecule has 3 rings (SSSR count). The summed E-state index contributed by atoms with van der Waals surface area (Å²) in [6.07, 6.45) is 0.552. The highest BCUT2D eigenvalue weighted by atomic mass is 32.2. The Kier molecular flexibility index (Phi) is 6.09. The van der Waals surface area contributed by atoms with E-state index < -0.39 is 11.1 Å². The molecule has 1 heterocycles. The van der Waals surface area contributed by atoms with Gasteiger partial charge < -0.3 is 14.6 Å². The minimum absolute atomic E-state index is 0.0239. The van der Waals surface area contributed by atoms with Gasteiger partial charge in [-0.15, -0.1) is 0 Å². The molecule has 0 fully saturated rings. The van der Waals surface area contributed by atoms with Gasteiger partial charge in [-0.1, -0.05) is 38.1 Å². The largest absolute Gasteiger partial charge is 0.378 e. The fourth-order valence-corrected chi connectivity index (χ4v) is 3.84. The van der Waals surface area contributed by atoms with E-state index >= 15 is 0 Å². The Morgan fingerprint density at radius 1 is 1.26 bits per heavy atom. The lowest BCUT2D eigenvalue weighted by Crippen LogP contribution is -2.23. The molecule has 0 bridgehead atoms. The Labute approximate surface area is 162 Å². The van der Waals surface area contributed by atoms with E-state index in [-0.39, 0.29) is 23.8 Å². The van der Waals surface area contributed by atoms with Crippen LogP contribution in [0, 0.1) is 5.92 Å². The smallest absolute Gasteiger partial charge is 0.186 e. The first-order chi connectivity index (χ1) is 12.9. The zero-order valence-electron chi connectivity index (χ0n) is 15.8. The summed E-state index contributed by atoms with van der Waals surface area (Å²) in [4.78, 5) is 12.5.